The number of hydrogen-bond acceptors (Lipinski definition) is 3. The molecule has 0 bridgehead atoms. The van der Waals surface area contributed by atoms with E-state index in [1.807, 2.05) is 24.3 Å². The van der Waals surface area contributed by atoms with E-state index in [2.05, 4.69) is 17.4 Å². The smallest absolute Gasteiger partial charge is 0.230 e. The first-order valence-corrected chi connectivity index (χ1v) is 7.78. The van der Waals surface area contributed by atoms with Gasteiger partial charge in [-0.1, -0.05) is 35.8 Å². The predicted molar refractivity (Wildman–Crippen MR) is 82.6 cm³/mol. The maximum Gasteiger partial charge on any atom is 0.230 e. The summed E-state index contributed by atoms with van der Waals surface area (Å²) >= 11 is 5.91. The minimum Gasteiger partial charge on any atom is -0.390 e. The molecule has 1 amide bonds. The zero-order valence-electron chi connectivity index (χ0n) is 12.1. The zero-order valence-corrected chi connectivity index (χ0v) is 12.8. The molecule has 1 aliphatic carbocycles. The molecule has 0 radical (unpaired) electrons. The van der Waals surface area contributed by atoms with Crippen LogP contribution in [-0.4, -0.2) is 24.3 Å². The summed E-state index contributed by atoms with van der Waals surface area (Å²) in [6.45, 7) is 2.57. The van der Waals surface area contributed by atoms with Gasteiger partial charge in [0.25, 0.3) is 0 Å². The zero-order chi connectivity index (χ0) is 14.9. The van der Waals surface area contributed by atoms with Crippen LogP contribution in [0.15, 0.2) is 29.4 Å². The Morgan fingerprint density at radius 1 is 1.43 bits per heavy atom. The quantitative estimate of drug-likeness (QED) is 0.909. The largest absolute Gasteiger partial charge is 0.390 e. The van der Waals surface area contributed by atoms with Crippen molar-refractivity contribution in [2.24, 2.45) is 5.16 Å². The van der Waals surface area contributed by atoms with Crippen LogP contribution in [0.3, 0.4) is 0 Å². The number of hydrogen-bond donors (Lipinski definition) is 1. The van der Waals surface area contributed by atoms with E-state index in [0.29, 0.717) is 11.6 Å². The molecule has 2 aliphatic rings. The lowest BCUT2D eigenvalue weighted by Crippen LogP contribution is -2.39. The Morgan fingerprint density at radius 3 is 2.71 bits per heavy atom. The van der Waals surface area contributed by atoms with Crippen LogP contribution in [0.4, 0.5) is 0 Å². The Balaban J connectivity index is 1.57. The van der Waals surface area contributed by atoms with E-state index < -0.39 is 0 Å². The number of oxime groups is 1. The van der Waals surface area contributed by atoms with Gasteiger partial charge in [0.15, 0.2) is 0 Å². The maximum absolute atomic E-state index is 12.5. The van der Waals surface area contributed by atoms with Crippen molar-refractivity contribution in [3.8, 4) is 0 Å². The lowest BCUT2D eigenvalue weighted by atomic mass is 9.95. The minimum absolute atomic E-state index is 0.0232. The number of halogens is 1. The van der Waals surface area contributed by atoms with E-state index in [-0.39, 0.29) is 17.4 Å². The summed E-state index contributed by atoms with van der Waals surface area (Å²) in [5.74, 6) is 0.0818. The molecule has 1 saturated carbocycles. The van der Waals surface area contributed by atoms with Gasteiger partial charge < -0.3 is 10.2 Å². The minimum atomic E-state index is -0.363. The van der Waals surface area contributed by atoms with E-state index in [1.165, 1.54) is 0 Å². The SMILES string of the molecule is CCC1=NO[C@H](CNC(=O)C2(c3ccc(Cl)cc3)CC2)C1. The Labute approximate surface area is 129 Å². The molecule has 21 heavy (non-hydrogen) atoms. The van der Waals surface area contributed by atoms with Crippen molar-refractivity contribution < 1.29 is 9.63 Å². The lowest BCUT2D eigenvalue weighted by Gasteiger charge is -2.17. The molecule has 1 heterocycles. The van der Waals surface area contributed by atoms with Gasteiger partial charge in [-0.05, 0) is 37.0 Å². The van der Waals surface area contributed by atoms with Crippen LogP contribution in [-0.2, 0) is 15.0 Å². The molecule has 1 N–H and O–H groups in total. The third-order valence-corrected chi connectivity index (χ3v) is 4.53. The Bertz CT molecular complexity index is 564. The molecule has 3 rings (SSSR count). The molecule has 1 atom stereocenters. The van der Waals surface area contributed by atoms with E-state index in [9.17, 15) is 4.79 Å². The summed E-state index contributed by atoms with van der Waals surface area (Å²) in [6, 6.07) is 7.57. The third-order valence-electron chi connectivity index (χ3n) is 4.27. The van der Waals surface area contributed by atoms with E-state index >= 15 is 0 Å². The summed E-state index contributed by atoms with van der Waals surface area (Å²) in [5, 5.41) is 7.72. The van der Waals surface area contributed by atoms with Crippen molar-refractivity contribution in [2.45, 2.75) is 44.1 Å². The van der Waals surface area contributed by atoms with Crippen molar-refractivity contribution in [2.75, 3.05) is 6.54 Å². The van der Waals surface area contributed by atoms with Gasteiger partial charge in [0.1, 0.15) is 6.10 Å². The highest BCUT2D eigenvalue weighted by atomic mass is 35.5. The highest BCUT2D eigenvalue weighted by Gasteiger charge is 2.51. The van der Waals surface area contributed by atoms with Gasteiger partial charge in [0.2, 0.25) is 5.91 Å². The number of rotatable bonds is 5. The second kappa shape index (κ2) is 5.68. The molecule has 112 valence electrons. The molecule has 0 saturated heterocycles. The predicted octanol–water partition coefficient (Wildman–Crippen LogP) is 3.04. The van der Waals surface area contributed by atoms with Gasteiger partial charge in [-0.2, -0.15) is 0 Å². The molecule has 4 nitrogen and oxygen atoms in total. The van der Waals surface area contributed by atoms with Gasteiger partial charge in [0, 0.05) is 11.4 Å². The summed E-state index contributed by atoms with van der Waals surface area (Å²) in [7, 11) is 0. The maximum atomic E-state index is 12.5. The molecular formula is C16H19ClN2O2. The molecule has 1 fully saturated rings. The average Bonchev–Trinajstić information content (AvgIpc) is 3.18. The number of carbonyl (C=O) groups excluding carboxylic acids is 1. The summed E-state index contributed by atoms with van der Waals surface area (Å²) in [5.41, 5.74) is 1.74. The second-order valence-corrected chi connectivity index (χ2v) is 6.18. The van der Waals surface area contributed by atoms with Gasteiger partial charge >= 0.3 is 0 Å². The van der Waals surface area contributed by atoms with Gasteiger partial charge in [-0.15, -0.1) is 0 Å². The fraction of sp³-hybridized carbons (Fsp3) is 0.500. The highest BCUT2D eigenvalue weighted by Crippen LogP contribution is 2.48. The van der Waals surface area contributed by atoms with Crippen molar-refractivity contribution in [1.29, 1.82) is 0 Å². The topological polar surface area (TPSA) is 50.7 Å². The molecule has 1 aromatic carbocycles. The molecular weight excluding hydrogens is 288 g/mol. The van der Waals surface area contributed by atoms with Crippen LogP contribution in [0.1, 0.15) is 38.2 Å². The second-order valence-electron chi connectivity index (χ2n) is 5.74. The normalized spacial score (nSPS) is 22.4. The fourth-order valence-electron chi connectivity index (χ4n) is 2.72. The third kappa shape index (κ3) is 2.91. The Hall–Kier alpha value is -1.55. The van der Waals surface area contributed by atoms with Crippen LogP contribution < -0.4 is 5.32 Å². The van der Waals surface area contributed by atoms with Crippen molar-refractivity contribution in [1.82, 2.24) is 5.32 Å². The molecule has 0 unspecified atom stereocenters. The number of benzene rings is 1. The first-order valence-electron chi connectivity index (χ1n) is 7.40. The van der Waals surface area contributed by atoms with Gasteiger partial charge in [-0.25, -0.2) is 0 Å². The van der Waals surface area contributed by atoms with Crippen LogP contribution >= 0.6 is 11.6 Å². The van der Waals surface area contributed by atoms with Gasteiger partial charge in [0.05, 0.1) is 17.7 Å². The number of nitrogens with zero attached hydrogens (tertiary/aromatic N) is 1. The van der Waals surface area contributed by atoms with Crippen molar-refractivity contribution >= 4 is 23.2 Å². The molecule has 1 aromatic rings. The van der Waals surface area contributed by atoms with Crippen LogP contribution in [0.5, 0.6) is 0 Å². The van der Waals surface area contributed by atoms with E-state index in [4.69, 9.17) is 16.4 Å². The fourth-order valence-corrected chi connectivity index (χ4v) is 2.85. The monoisotopic (exact) mass is 306 g/mol. The van der Waals surface area contributed by atoms with Crippen molar-refractivity contribution in [3.63, 3.8) is 0 Å². The van der Waals surface area contributed by atoms with Crippen LogP contribution in [0, 0.1) is 0 Å². The van der Waals surface area contributed by atoms with E-state index in [1.54, 1.807) is 0 Å². The van der Waals surface area contributed by atoms with Crippen LogP contribution in [0.25, 0.3) is 0 Å². The van der Waals surface area contributed by atoms with Crippen molar-refractivity contribution in [3.05, 3.63) is 34.9 Å². The summed E-state index contributed by atoms with van der Waals surface area (Å²) < 4.78 is 0. The molecule has 5 heteroatoms. The Morgan fingerprint density at radius 2 is 2.14 bits per heavy atom. The Kier molecular flexibility index (Phi) is 3.89. The van der Waals surface area contributed by atoms with E-state index in [0.717, 1.165) is 37.0 Å². The number of nitrogens with one attached hydrogen (secondary N) is 1. The van der Waals surface area contributed by atoms with Gasteiger partial charge in [-0.3, -0.25) is 4.79 Å². The molecule has 0 spiro atoms. The lowest BCUT2D eigenvalue weighted by molar-refractivity contribution is -0.124. The number of amides is 1. The standard InChI is InChI=1S/C16H19ClN2O2/c1-2-13-9-14(21-19-13)10-18-15(20)16(7-8-16)11-3-5-12(17)6-4-11/h3-6,14H,2,7-10H2,1H3,(H,18,20)/t14-/m0/s1. The first-order chi connectivity index (χ1) is 10.1. The number of carbonyl (C=O) groups is 1. The summed E-state index contributed by atoms with van der Waals surface area (Å²) in [6.07, 6.45) is 3.47. The summed E-state index contributed by atoms with van der Waals surface area (Å²) in [4.78, 5) is 17.8. The highest BCUT2D eigenvalue weighted by molar-refractivity contribution is 6.30. The molecule has 0 aromatic heterocycles. The van der Waals surface area contributed by atoms with Crippen LogP contribution in [0.2, 0.25) is 5.02 Å². The molecule has 1 aliphatic heterocycles. The first kappa shape index (κ1) is 14.4. The average molecular weight is 307 g/mol.